The van der Waals surface area contributed by atoms with Crippen LogP contribution in [0.3, 0.4) is 0 Å². The van der Waals surface area contributed by atoms with Crippen LogP contribution in [0.2, 0.25) is 5.02 Å². The minimum absolute atomic E-state index is 0.00507. The molecule has 0 radical (unpaired) electrons. The average Bonchev–Trinajstić information content (AvgIpc) is 2.36. The highest BCUT2D eigenvalue weighted by atomic mass is 35.5. The van der Waals surface area contributed by atoms with Gasteiger partial charge in [-0.3, -0.25) is 0 Å². The van der Waals surface area contributed by atoms with Crippen molar-refractivity contribution in [2.45, 2.75) is 11.3 Å². The van der Waals surface area contributed by atoms with Crippen molar-refractivity contribution in [3.05, 3.63) is 23.2 Å². The lowest BCUT2D eigenvalue weighted by molar-refractivity contribution is 0.296. The van der Waals surface area contributed by atoms with Gasteiger partial charge in [-0.05, 0) is 30.4 Å². The summed E-state index contributed by atoms with van der Waals surface area (Å²) in [6.45, 7) is 0.460. The molecule has 0 atom stereocenters. The SMILES string of the molecule is Nc1ccc(Cl)c(S(=O)(=O)NCCSCCCO)c1. The number of halogens is 1. The van der Waals surface area contributed by atoms with Gasteiger partial charge in [-0.2, -0.15) is 11.8 Å². The minimum Gasteiger partial charge on any atom is -0.399 e. The third-order valence-corrected chi connectivity index (χ3v) is 5.24. The second-order valence-electron chi connectivity index (χ2n) is 3.78. The van der Waals surface area contributed by atoms with Crippen molar-refractivity contribution >= 4 is 39.1 Å². The predicted molar refractivity (Wildman–Crippen MR) is 80.1 cm³/mol. The molecular weight excluding hydrogens is 308 g/mol. The van der Waals surface area contributed by atoms with Crippen LogP contribution in [-0.4, -0.2) is 38.2 Å². The second-order valence-corrected chi connectivity index (χ2v) is 7.14. The lowest BCUT2D eigenvalue weighted by Gasteiger charge is -2.08. The molecule has 0 heterocycles. The Bertz CT molecular complexity index is 509. The van der Waals surface area contributed by atoms with Gasteiger partial charge in [-0.1, -0.05) is 11.6 Å². The van der Waals surface area contributed by atoms with Gasteiger partial charge in [0.15, 0.2) is 0 Å². The van der Waals surface area contributed by atoms with Crippen LogP contribution in [0.4, 0.5) is 5.69 Å². The summed E-state index contributed by atoms with van der Waals surface area (Å²) >= 11 is 7.43. The van der Waals surface area contributed by atoms with Crippen LogP contribution in [0.25, 0.3) is 0 Å². The number of aliphatic hydroxyl groups excluding tert-OH is 1. The molecule has 1 rings (SSSR count). The lowest BCUT2D eigenvalue weighted by Crippen LogP contribution is -2.26. The third-order valence-electron chi connectivity index (χ3n) is 2.23. The first-order valence-corrected chi connectivity index (χ1v) is 8.72. The second kappa shape index (κ2) is 7.96. The number of anilines is 1. The Labute approximate surface area is 122 Å². The molecule has 1 aromatic carbocycles. The number of aliphatic hydroxyl groups is 1. The third kappa shape index (κ3) is 5.58. The van der Waals surface area contributed by atoms with Gasteiger partial charge in [0.1, 0.15) is 4.90 Å². The average molecular weight is 325 g/mol. The Hall–Kier alpha value is -0.470. The van der Waals surface area contributed by atoms with Gasteiger partial charge < -0.3 is 10.8 Å². The number of thioether (sulfide) groups is 1. The zero-order valence-electron chi connectivity index (χ0n) is 10.3. The van der Waals surface area contributed by atoms with Gasteiger partial charge >= 0.3 is 0 Å². The van der Waals surface area contributed by atoms with E-state index < -0.39 is 10.0 Å². The first kappa shape index (κ1) is 16.6. The van der Waals surface area contributed by atoms with Crippen molar-refractivity contribution < 1.29 is 13.5 Å². The Morgan fingerprint density at radius 3 is 2.79 bits per heavy atom. The quantitative estimate of drug-likeness (QED) is 0.495. The summed E-state index contributed by atoms with van der Waals surface area (Å²) in [5.74, 6) is 1.44. The normalized spacial score (nSPS) is 11.7. The van der Waals surface area contributed by atoms with Gasteiger partial charge in [0.25, 0.3) is 0 Å². The van der Waals surface area contributed by atoms with E-state index in [1.54, 1.807) is 17.8 Å². The number of hydrogen-bond acceptors (Lipinski definition) is 5. The summed E-state index contributed by atoms with van der Waals surface area (Å²) < 4.78 is 26.5. The molecular formula is C11H17ClN2O3S2. The molecule has 108 valence electrons. The summed E-state index contributed by atoms with van der Waals surface area (Å²) in [7, 11) is -3.63. The van der Waals surface area contributed by atoms with Crippen LogP contribution in [0.1, 0.15) is 6.42 Å². The van der Waals surface area contributed by atoms with E-state index in [-0.39, 0.29) is 16.5 Å². The molecule has 0 amide bonds. The molecule has 0 spiro atoms. The van der Waals surface area contributed by atoms with E-state index in [9.17, 15) is 8.42 Å². The first-order chi connectivity index (χ1) is 8.97. The zero-order valence-corrected chi connectivity index (χ0v) is 12.7. The van der Waals surface area contributed by atoms with E-state index in [0.717, 1.165) is 5.75 Å². The van der Waals surface area contributed by atoms with Gasteiger partial charge in [-0.25, -0.2) is 13.1 Å². The van der Waals surface area contributed by atoms with Crippen molar-refractivity contribution in [1.29, 1.82) is 0 Å². The highest BCUT2D eigenvalue weighted by Gasteiger charge is 2.17. The molecule has 5 nitrogen and oxygen atoms in total. The van der Waals surface area contributed by atoms with E-state index in [0.29, 0.717) is 24.4 Å². The molecule has 8 heteroatoms. The van der Waals surface area contributed by atoms with Crippen molar-refractivity contribution in [3.8, 4) is 0 Å². The summed E-state index contributed by atoms with van der Waals surface area (Å²) in [6, 6.07) is 4.34. The fourth-order valence-electron chi connectivity index (χ4n) is 1.32. The van der Waals surface area contributed by atoms with Crippen molar-refractivity contribution in [3.63, 3.8) is 0 Å². The number of rotatable bonds is 8. The van der Waals surface area contributed by atoms with Crippen molar-refractivity contribution in [2.75, 3.05) is 30.4 Å². The molecule has 0 saturated heterocycles. The maximum Gasteiger partial charge on any atom is 0.242 e. The molecule has 0 unspecified atom stereocenters. The molecule has 0 aliphatic carbocycles. The van der Waals surface area contributed by atoms with Crippen LogP contribution in [0.15, 0.2) is 23.1 Å². The number of sulfonamides is 1. The molecule has 0 bridgehead atoms. The number of benzene rings is 1. The Balaban J connectivity index is 2.54. The summed E-state index contributed by atoms with van der Waals surface area (Å²) in [4.78, 5) is -0.00507. The predicted octanol–water partition coefficient (Wildman–Crippen LogP) is 1.32. The largest absolute Gasteiger partial charge is 0.399 e. The van der Waals surface area contributed by atoms with E-state index in [1.165, 1.54) is 12.1 Å². The molecule has 0 aliphatic heterocycles. The summed E-state index contributed by atoms with van der Waals surface area (Å²) in [5.41, 5.74) is 5.90. The standard InChI is InChI=1S/C11H17ClN2O3S2/c12-10-3-2-9(13)8-11(10)19(16,17)14-4-7-18-6-1-5-15/h2-3,8,14-15H,1,4-7,13H2. The highest BCUT2D eigenvalue weighted by Crippen LogP contribution is 2.23. The van der Waals surface area contributed by atoms with E-state index in [2.05, 4.69) is 4.72 Å². The Kier molecular flexibility index (Phi) is 6.95. The molecule has 0 aromatic heterocycles. The molecule has 4 N–H and O–H groups in total. The Morgan fingerprint density at radius 2 is 2.11 bits per heavy atom. The van der Waals surface area contributed by atoms with Crippen molar-refractivity contribution in [2.24, 2.45) is 0 Å². The number of nitrogen functional groups attached to an aromatic ring is 1. The summed E-state index contributed by atoms with van der Waals surface area (Å²) in [5, 5.41) is 8.75. The number of nitrogens with one attached hydrogen (secondary N) is 1. The first-order valence-electron chi connectivity index (χ1n) is 5.70. The van der Waals surface area contributed by atoms with E-state index >= 15 is 0 Å². The topological polar surface area (TPSA) is 92.4 Å². The molecule has 1 aromatic rings. The lowest BCUT2D eigenvalue weighted by atomic mass is 10.3. The van der Waals surface area contributed by atoms with E-state index in [4.69, 9.17) is 22.4 Å². The molecule has 0 fully saturated rings. The van der Waals surface area contributed by atoms with Crippen LogP contribution in [0.5, 0.6) is 0 Å². The number of nitrogens with two attached hydrogens (primary N) is 1. The number of hydrogen-bond donors (Lipinski definition) is 3. The maximum atomic E-state index is 12.0. The van der Waals surface area contributed by atoms with Gasteiger partial charge in [0.05, 0.1) is 5.02 Å². The van der Waals surface area contributed by atoms with Gasteiger partial charge in [0.2, 0.25) is 10.0 Å². The molecule has 19 heavy (non-hydrogen) atoms. The fraction of sp³-hybridized carbons (Fsp3) is 0.455. The zero-order chi connectivity index (χ0) is 14.3. The smallest absolute Gasteiger partial charge is 0.242 e. The van der Waals surface area contributed by atoms with Crippen LogP contribution < -0.4 is 10.5 Å². The van der Waals surface area contributed by atoms with Gasteiger partial charge in [-0.15, -0.1) is 0 Å². The summed E-state index contributed by atoms with van der Waals surface area (Å²) in [6.07, 6.45) is 0.707. The molecule has 0 aliphatic rings. The van der Waals surface area contributed by atoms with Crippen molar-refractivity contribution in [1.82, 2.24) is 4.72 Å². The van der Waals surface area contributed by atoms with Crippen LogP contribution in [-0.2, 0) is 10.0 Å². The Morgan fingerprint density at radius 1 is 1.37 bits per heavy atom. The fourth-order valence-corrected chi connectivity index (χ4v) is 3.80. The van der Waals surface area contributed by atoms with E-state index in [1.807, 2.05) is 0 Å². The van der Waals surface area contributed by atoms with Gasteiger partial charge in [0, 0.05) is 24.6 Å². The van der Waals surface area contributed by atoms with Crippen LogP contribution in [0, 0.1) is 0 Å². The van der Waals surface area contributed by atoms with Crippen LogP contribution >= 0.6 is 23.4 Å². The molecule has 0 saturated carbocycles. The maximum absolute atomic E-state index is 12.0. The highest BCUT2D eigenvalue weighted by molar-refractivity contribution is 7.99. The monoisotopic (exact) mass is 324 g/mol. The minimum atomic E-state index is -3.63.